The average molecular weight is 306 g/mol. The van der Waals surface area contributed by atoms with Gasteiger partial charge in [0.1, 0.15) is 0 Å². The first-order valence-electron chi connectivity index (χ1n) is 6.37. The van der Waals surface area contributed by atoms with Crippen molar-refractivity contribution in [3.63, 3.8) is 0 Å². The molecule has 0 aliphatic rings. The van der Waals surface area contributed by atoms with Gasteiger partial charge in [-0.15, -0.1) is 0 Å². The topological polar surface area (TPSA) is 38.7 Å². The summed E-state index contributed by atoms with van der Waals surface area (Å²) in [6.45, 7) is 20.3. The summed E-state index contributed by atoms with van der Waals surface area (Å²) in [5.74, 6) is 0. The minimum Gasteiger partial charge on any atom is -0.0144 e. The molecule has 1 aromatic rings. The summed E-state index contributed by atoms with van der Waals surface area (Å²) in [7, 11) is -1.82. The molecule has 0 spiro atoms. The first kappa shape index (κ1) is 16.4. The third-order valence-corrected chi connectivity index (χ3v) is 9.97. The molecule has 0 bridgehead atoms. The predicted octanol–water partition coefficient (Wildman–Crippen LogP) is 5.94. The highest BCUT2D eigenvalue weighted by Crippen LogP contribution is 2.54. The fourth-order valence-corrected chi connectivity index (χ4v) is 10.9. The summed E-state index contributed by atoms with van der Waals surface area (Å²) in [6.07, 6.45) is 0. The Morgan fingerprint density at radius 3 is 0.722 bits per heavy atom. The van der Waals surface area contributed by atoms with E-state index in [2.05, 4.69) is 62.3 Å². The van der Waals surface area contributed by atoms with Crippen molar-refractivity contribution in [3.05, 3.63) is 0 Å². The Kier molecular flexibility index (Phi) is 4.55. The molecule has 0 saturated heterocycles. The average Bonchev–Trinajstić information content (AvgIpc) is 2.13. The molecule has 0 aliphatic heterocycles. The molecule has 0 aromatic carbocycles. The largest absolute Gasteiger partial charge is 0.453 e. The summed E-state index contributed by atoms with van der Waals surface area (Å²) in [4.78, 5) is 0. The van der Waals surface area contributed by atoms with Crippen LogP contribution in [0.15, 0.2) is 0 Å². The van der Waals surface area contributed by atoms with Crippen LogP contribution in [0.3, 0.4) is 0 Å². The monoisotopic (exact) mass is 306 g/mol. The highest BCUT2D eigenvalue weighted by atomic mass is 31.2. The zero-order chi connectivity index (χ0) is 14.4. The molecule has 0 saturated carbocycles. The van der Waals surface area contributed by atoms with Gasteiger partial charge < -0.3 is 0 Å². The number of hydrogen-bond donors (Lipinski definition) is 0. The van der Waals surface area contributed by atoms with Crippen LogP contribution in [-0.2, 0) is 15.5 Å². The minimum atomic E-state index is -0.606. The van der Waals surface area contributed by atoms with E-state index in [0.29, 0.717) is 0 Å². The molecule has 0 N–H and O–H groups in total. The van der Waals surface area contributed by atoms with E-state index < -0.39 is 23.6 Å². The SMILES string of the molecule is CC(C)(C)[p+]1n[p+](C(C)(C)C)n[p+](C(C)(C)C)n1. The maximum atomic E-state index is 5.00. The van der Waals surface area contributed by atoms with E-state index in [9.17, 15) is 0 Å². The summed E-state index contributed by atoms with van der Waals surface area (Å²) in [5, 5.41) is 0.509. The van der Waals surface area contributed by atoms with Gasteiger partial charge in [0.2, 0.25) is 0 Å². The van der Waals surface area contributed by atoms with Crippen molar-refractivity contribution >= 4 is 23.6 Å². The predicted molar refractivity (Wildman–Crippen MR) is 86.2 cm³/mol. The molecule has 0 unspecified atom stereocenters. The lowest BCUT2D eigenvalue weighted by molar-refractivity contribution is 0.695. The molecular formula is C12H27N3P3+3. The van der Waals surface area contributed by atoms with Crippen LogP contribution in [0.25, 0.3) is 0 Å². The van der Waals surface area contributed by atoms with Gasteiger partial charge in [0.15, 0.2) is 29.0 Å². The summed E-state index contributed by atoms with van der Waals surface area (Å²) in [5.41, 5.74) is 0. The molecule has 0 aliphatic carbocycles. The van der Waals surface area contributed by atoms with Gasteiger partial charge in [0.25, 0.3) is 0 Å². The van der Waals surface area contributed by atoms with Gasteiger partial charge in [-0.25, -0.2) is 0 Å². The summed E-state index contributed by atoms with van der Waals surface area (Å²) >= 11 is 0. The smallest absolute Gasteiger partial charge is 0.0144 e. The van der Waals surface area contributed by atoms with E-state index in [0.717, 1.165) is 0 Å². The first-order chi connectivity index (χ1) is 7.82. The number of nitrogens with zero attached hydrogens (tertiary/aromatic N) is 3. The molecule has 3 nitrogen and oxygen atoms in total. The maximum absolute atomic E-state index is 5.00. The lowest BCUT2D eigenvalue weighted by Crippen LogP contribution is -2.11. The Morgan fingerprint density at radius 1 is 0.444 bits per heavy atom. The van der Waals surface area contributed by atoms with Crippen LogP contribution in [0.1, 0.15) is 62.3 Å². The van der Waals surface area contributed by atoms with E-state index in [1.165, 1.54) is 0 Å². The normalized spacial score (nSPS) is 16.8. The zero-order valence-corrected chi connectivity index (χ0v) is 15.9. The van der Waals surface area contributed by atoms with Crippen molar-refractivity contribution in [1.82, 2.24) is 13.5 Å². The fraction of sp³-hybridized carbons (Fsp3) is 1.00. The van der Waals surface area contributed by atoms with E-state index in [1.807, 2.05) is 0 Å². The lowest BCUT2D eigenvalue weighted by Gasteiger charge is -2.06. The Bertz CT molecular complexity index is 360. The number of hydrogen-bond acceptors (Lipinski definition) is 3. The molecule has 0 fully saturated rings. The Hall–Kier alpha value is 0.300. The van der Waals surface area contributed by atoms with Crippen LogP contribution in [0.2, 0.25) is 0 Å². The zero-order valence-electron chi connectivity index (χ0n) is 13.2. The summed E-state index contributed by atoms with van der Waals surface area (Å²) in [6, 6.07) is 0. The Morgan fingerprint density at radius 2 is 0.611 bits per heavy atom. The van der Waals surface area contributed by atoms with Gasteiger partial charge in [0, 0.05) is 0 Å². The lowest BCUT2D eigenvalue weighted by atomic mass is 10.3. The van der Waals surface area contributed by atoms with Crippen molar-refractivity contribution in [1.29, 1.82) is 0 Å². The van der Waals surface area contributed by atoms with Crippen molar-refractivity contribution in [2.45, 2.75) is 77.8 Å². The van der Waals surface area contributed by atoms with Gasteiger partial charge in [-0.1, -0.05) is 0 Å². The quantitative estimate of drug-likeness (QED) is 0.595. The van der Waals surface area contributed by atoms with Crippen LogP contribution >= 0.6 is 23.6 Å². The first-order valence-corrected chi connectivity index (χ1v) is 10.1. The molecule has 18 heavy (non-hydrogen) atoms. The standard InChI is InChI=1S/C12H27N3P3/c1-10(2,3)16-13-17(11(4,5)6)15-18(14-16)12(7,8)9/h1-9H3/q+3. The van der Waals surface area contributed by atoms with Gasteiger partial charge in [-0.2, -0.15) is 0 Å². The second-order valence-corrected chi connectivity index (χ2v) is 15.6. The molecule has 1 heterocycles. The van der Waals surface area contributed by atoms with Crippen LogP contribution in [-0.4, -0.2) is 13.5 Å². The fourth-order valence-electron chi connectivity index (χ4n) is 1.10. The van der Waals surface area contributed by atoms with Crippen LogP contribution in [0, 0.1) is 0 Å². The third-order valence-electron chi connectivity index (χ3n) is 2.31. The molecule has 0 amide bonds. The van der Waals surface area contributed by atoms with Crippen molar-refractivity contribution < 1.29 is 0 Å². The number of aromatic nitrogens is 3. The minimum absolute atomic E-state index is 0.170. The highest BCUT2D eigenvalue weighted by Gasteiger charge is 2.50. The van der Waals surface area contributed by atoms with Crippen LogP contribution in [0.5, 0.6) is 0 Å². The molecule has 0 radical (unpaired) electrons. The van der Waals surface area contributed by atoms with Crippen molar-refractivity contribution in [3.8, 4) is 0 Å². The molecule has 6 heteroatoms. The van der Waals surface area contributed by atoms with Gasteiger partial charge >= 0.3 is 23.6 Å². The third kappa shape index (κ3) is 4.16. The van der Waals surface area contributed by atoms with E-state index in [-0.39, 0.29) is 15.5 Å². The van der Waals surface area contributed by atoms with Crippen LogP contribution < -0.4 is 0 Å². The molecule has 1 rings (SSSR count). The highest BCUT2D eigenvalue weighted by molar-refractivity contribution is 7.64. The molecular weight excluding hydrogens is 279 g/mol. The van der Waals surface area contributed by atoms with Crippen molar-refractivity contribution in [2.24, 2.45) is 0 Å². The van der Waals surface area contributed by atoms with Gasteiger partial charge in [-0.3, -0.25) is 0 Å². The van der Waals surface area contributed by atoms with E-state index in [4.69, 9.17) is 13.5 Å². The van der Waals surface area contributed by atoms with Gasteiger partial charge in [-0.05, 0) is 62.3 Å². The van der Waals surface area contributed by atoms with E-state index >= 15 is 0 Å². The van der Waals surface area contributed by atoms with Gasteiger partial charge in [0.05, 0.1) is 0 Å². The Balaban J connectivity index is 3.49. The number of rotatable bonds is 0. The van der Waals surface area contributed by atoms with E-state index in [1.54, 1.807) is 0 Å². The maximum Gasteiger partial charge on any atom is 0.453 e. The summed E-state index contributed by atoms with van der Waals surface area (Å²) < 4.78 is 15.0. The Labute approximate surface area is 115 Å². The molecule has 1 aromatic heterocycles. The van der Waals surface area contributed by atoms with Crippen LogP contribution in [0.4, 0.5) is 0 Å². The second-order valence-electron chi connectivity index (χ2n) is 7.65. The molecule has 102 valence electrons. The van der Waals surface area contributed by atoms with Crippen molar-refractivity contribution in [2.75, 3.05) is 0 Å². The second kappa shape index (κ2) is 5.01. The molecule has 0 atom stereocenters.